The van der Waals surface area contributed by atoms with Crippen molar-refractivity contribution in [2.75, 3.05) is 18.2 Å². The standard InChI is InChI=1S/C17H19F2NO2S/c1-12-3-6-14(9-16(12)22-11-17(18)19)20-10-13-4-7-15(8-5-13)23(2)21/h3-9,17,20H,10-11H2,1-2H3. The van der Waals surface area contributed by atoms with Crippen molar-refractivity contribution in [2.45, 2.75) is 24.8 Å². The predicted octanol–water partition coefficient (Wildman–Crippen LogP) is 3.99. The van der Waals surface area contributed by atoms with Crippen molar-refractivity contribution in [1.29, 1.82) is 0 Å². The molecule has 2 rings (SSSR count). The summed E-state index contributed by atoms with van der Waals surface area (Å²) in [6.07, 6.45) is -0.853. The molecule has 0 aliphatic heterocycles. The highest BCUT2D eigenvalue weighted by Crippen LogP contribution is 2.23. The molecule has 23 heavy (non-hydrogen) atoms. The van der Waals surface area contributed by atoms with E-state index in [0.717, 1.165) is 21.7 Å². The van der Waals surface area contributed by atoms with E-state index >= 15 is 0 Å². The van der Waals surface area contributed by atoms with Gasteiger partial charge in [0.15, 0.2) is 0 Å². The van der Waals surface area contributed by atoms with Gasteiger partial charge in [0.25, 0.3) is 6.43 Å². The zero-order valence-electron chi connectivity index (χ0n) is 13.0. The molecule has 0 fully saturated rings. The molecule has 0 bridgehead atoms. The summed E-state index contributed by atoms with van der Waals surface area (Å²) in [4.78, 5) is 0.784. The third-order valence-electron chi connectivity index (χ3n) is 3.30. The Labute approximate surface area is 137 Å². The number of hydrogen-bond donors (Lipinski definition) is 1. The van der Waals surface area contributed by atoms with Crippen LogP contribution in [-0.4, -0.2) is 23.5 Å². The number of anilines is 1. The minimum absolute atomic E-state index is 0.451. The highest BCUT2D eigenvalue weighted by atomic mass is 32.2. The Morgan fingerprint density at radius 1 is 1.17 bits per heavy atom. The first kappa shape index (κ1) is 17.4. The maximum absolute atomic E-state index is 12.2. The number of benzene rings is 2. The summed E-state index contributed by atoms with van der Waals surface area (Å²) in [7, 11) is -0.987. The van der Waals surface area contributed by atoms with E-state index in [9.17, 15) is 13.0 Å². The second-order valence-electron chi connectivity index (χ2n) is 5.13. The first-order chi connectivity index (χ1) is 11.0. The molecule has 6 heteroatoms. The van der Waals surface area contributed by atoms with Crippen molar-refractivity contribution in [1.82, 2.24) is 0 Å². The molecular weight excluding hydrogens is 320 g/mol. The van der Waals surface area contributed by atoms with Gasteiger partial charge >= 0.3 is 0 Å². The molecule has 0 aliphatic rings. The van der Waals surface area contributed by atoms with Crippen LogP contribution in [-0.2, 0) is 17.3 Å². The summed E-state index contributed by atoms with van der Waals surface area (Å²) in [5.74, 6) is 0.451. The van der Waals surface area contributed by atoms with Crippen LogP contribution >= 0.6 is 0 Å². The molecule has 0 spiro atoms. The van der Waals surface area contributed by atoms with E-state index in [-0.39, 0.29) is 0 Å². The van der Waals surface area contributed by atoms with Gasteiger partial charge in [0, 0.05) is 40.2 Å². The fraction of sp³-hybridized carbons (Fsp3) is 0.294. The van der Waals surface area contributed by atoms with Gasteiger partial charge in [-0.25, -0.2) is 8.78 Å². The first-order valence-electron chi connectivity index (χ1n) is 7.13. The maximum Gasteiger partial charge on any atom is 0.272 e. The van der Waals surface area contributed by atoms with Crippen LogP contribution in [0.4, 0.5) is 14.5 Å². The molecule has 1 atom stereocenters. The fourth-order valence-corrected chi connectivity index (χ4v) is 2.54. The lowest BCUT2D eigenvalue weighted by molar-refractivity contribution is 0.0816. The minimum Gasteiger partial charge on any atom is -0.487 e. The Balaban J connectivity index is 1.99. The Morgan fingerprint density at radius 2 is 1.87 bits per heavy atom. The number of ether oxygens (including phenoxy) is 1. The molecule has 0 saturated heterocycles. The predicted molar refractivity (Wildman–Crippen MR) is 88.8 cm³/mol. The van der Waals surface area contributed by atoms with Gasteiger partial charge < -0.3 is 10.1 Å². The molecule has 0 aliphatic carbocycles. The number of aryl methyl sites for hydroxylation is 1. The molecule has 2 aromatic rings. The summed E-state index contributed by atoms with van der Waals surface area (Å²) in [5.41, 5.74) is 2.64. The Kier molecular flexibility index (Phi) is 6.10. The number of halogens is 2. The Bertz CT molecular complexity index is 675. The van der Waals surface area contributed by atoms with Crippen molar-refractivity contribution >= 4 is 16.5 Å². The third kappa shape index (κ3) is 5.32. The lowest BCUT2D eigenvalue weighted by atomic mass is 10.2. The molecule has 0 heterocycles. The van der Waals surface area contributed by atoms with Crippen LogP contribution in [0, 0.1) is 6.92 Å². The smallest absolute Gasteiger partial charge is 0.272 e. The van der Waals surface area contributed by atoms with Crippen molar-refractivity contribution in [3.05, 3.63) is 53.6 Å². The topological polar surface area (TPSA) is 38.3 Å². The van der Waals surface area contributed by atoms with Gasteiger partial charge in [0.2, 0.25) is 0 Å². The number of hydrogen-bond acceptors (Lipinski definition) is 3. The fourth-order valence-electron chi connectivity index (χ4n) is 2.02. The molecule has 0 aromatic heterocycles. The average Bonchev–Trinajstić information content (AvgIpc) is 2.53. The van der Waals surface area contributed by atoms with Crippen LogP contribution < -0.4 is 10.1 Å². The molecular formula is C17H19F2NO2S. The molecule has 0 amide bonds. The summed E-state index contributed by atoms with van der Waals surface area (Å²) in [6, 6.07) is 12.9. The van der Waals surface area contributed by atoms with E-state index < -0.39 is 23.8 Å². The van der Waals surface area contributed by atoms with Gasteiger partial charge in [-0.15, -0.1) is 0 Å². The lowest BCUT2D eigenvalue weighted by Gasteiger charge is -2.12. The van der Waals surface area contributed by atoms with Crippen LogP contribution in [0.3, 0.4) is 0 Å². The van der Waals surface area contributed by atoms with Gasteiger partial charge in [0.1, 0.15) is 12.4 Å². The highest BCUT2D eigenvalue weighted by molar-refractivity contribution is 7.84. The zero-order valence-corrected chi connectivity index (χ0v) is 13.8. The summed E-state index contributed by atoms with van der Waals surface area (Å²) in [6.45, 7) is 1.78. The van der Waals surface area contributed by atoms with E-state index in [1.165, 1.54) is 0 Å². The molecule has 1 unspecified atom stereocenters. The summed E-state index contributed by atoms with van der Waals surface area (Å²) in [5, 5.41) is 3.22. The normalized spacial score (nSPS) is 12.2. The number of nitrogens with one attached hydrogen (secondary N) is 1. The Hall–Kier alpha value is -1.95. The summed E-state index contributed by atoms with van der Waals surface area (Å²) >= 11 is 0. The second kappa shape index (κ2) is 8.06. The molecule has 2 aromatic carbocycles. The van der Waals surface area contributed by atoms with Crippen LogP contribution in [0.5, 0.6) is 5.75 Å². The highest BCUT2D eigenvalue weighted by Gasteiger charge is 2.07. The van der Waals surface area contributed by atoms with Crippen LogP contribution in [0.25, 0.3) is 0 Å². The molecule has 3 nitrogen and oxygen atoms in total. The van der Waals surface area contributed by atoms with Crippen molar-refractivity contribution in [3.63, 3.8) is 0 Å². The van der Waals surface area contributed by atoms with Crippen LogP contribution in [0.1, 0.15) is 11.1 Å². The number of alkyl halides is 2. The van der Waals surface area contributed by atoms with Crippen molar-refractivity contribution < 1.29 is 17.7 Å². The monoisotopic (exact) mass is 339 g/mol. The molecule has 124 valence electrons. The van der Waals surface area contributed by atoms with Gasteiger partial charge in [-0.2, -0.15) is 0 Å². The van der Waals surface area contributed by atoms with E-state index in [4.69, 9.17) is 4.74 Å². The largest absolute Gasteiger partial charge is 0.487 e. The first-order valence-corrected chi connectivity index (χ1v) is 8.69. The van der Waals surface area contributed by atoms with Crippen molar-refractivity contribution in [2.24, 2.45) is 0 Å². The summed E-state index contributed by atoms with van der Waals surface area (Å²) < 4.78 is 41.0. The Morgan fingerprint density at radius 3 is 2.48 bits per heavy atom. The van der Waals surface area contributed by atoms with Crippen LogP contribution in [0.2, 0.25) is 0 Å². The second-order valence-corrected chi connectivity index (χ2v) is 6.51. The number of rotatable bonds is 7. The van der Waals surface area contributed by atoms with Crippen LogP contribution in [0.15, 0.2) is 47.4 Å². The van der Waals surface area contributed by atoms with Crippen molar-refractivity contribution in [3.8, 4) is 5.75 Å². The quantitative estimate of drug-likeness (QED) is 0.829. The van der Waals surface area contributed by atoms with E-state index in [0.29, 0.717) is 12.3 Å². The molecule has 0 saturated carbocycles. The third-order valence-corrected chi connectivity index (χ3v) is 4.24. The van der Waals surface area contributed by atoms with Gasteiger partial charge in [-0.05, 0) is 36.2 Å². The lowest BCUT2D eigenvalue weighted by Crippen LogP contribution is -2.08. The SMILES string of the molecule is Cc1ccc(NCc2ccc(S(C)=O)cc2)cc1OCC(F)F. The molecule has 1 N–H and O–H groups in total. The zero-order chi connectivity index (χ0) is 16.8. The van der Waals surface area contributed by atoms with Gasteiger partial charge in [-0.1, -0.05) is 18.2 Å². The van der Waals surface area contributed by atoms with Gasteiger partial charge in [-0.3, -0.25) is 4.21 Å². The average molecular weight is 339 g/mol. The van der Waals surface area contributed by atoms with Gasteiger partial charge in [0.05, 0.1) is 0 Å². The maximum atomic E-state index is 12.2. The van der Waals surface area contributed by atoms with E-state index in [1.54, 1.807) is 12.3 Å². The molecule has 0 radical (unpaired) electrons. The van der Waals surface area contributed by atoms with E-state index in [1.807, 2.05) is 43.3 Å². The minimum atomic E-state index is -2.49. The van der Waals surface area contributed by atoms with E-state index in [2.05, 4.69) is 5.32 Å².